The number of aldehydes is 1. The van der Waals surface area contributed by atoms with Crippen molar-refractivity contribution in [3.63, 3.8) is 0 Å². The number of hydrogen-bond acceptors (Lipinski definition) is 5. The Kier molecular flexibility index (Phi) is 19.2. The lowest BCUT2D eigenvalue weighted by molar-refractivity contribution is -0.107. The second-order valence-corrected chi connectivity index (χ2v) is 7.73. The molecule has 0 aromatic heterocycles. The minimum absolute atomic E-state index is 0.00659. The van der Waals surface area contributed by atoms with Crippen LogP contribution >= 0.6 is 0 Å². The molecule has 5 heteroatoms. The van der Waals surface area contributed by atoms with Crippen molar-refractivity contribution in [2.75, 3.05) is 40.3 Å². The predicted molar refractivity (Wildman–Crippen MR) is 151 cm³/mol. The molecule has 1 N–H and O–H groups in total. The van der Waals surface area contributed by atoms with Crippen LogP contribution in [0.3, 0.4) is 0 Å². The molecule has 1 unspecified atom stereocenters. The normalized spacial score (nSPS) is 14.6. The number of carbonyl (C=O) groups is 1. The highest BCUT2D eigenvalue weighted by atomic mass is 16.5. The van der Waals surface area contributed by atoms with E-state index in [1.54, 1.807) is 13.2 Å². The second kappa shape index (κ2) is 20.7. The van der Waals surface area contributed by atoms with E-state index in [9.17, 15) is 4.79 Å². The molecule has 2 rings (SSSR count). The number of rotatable bonds is 13. The number of nitrogens with one attached hydrogen (secondary N) is 1. The van der Waals surface area contributed by atoms with Crippen molar-refractivity contribution in [3.8, 4) is 11.5 Å². The first-order valence-electron chi connectivity index (χ1n) is 12.9. The van der Waals surface area contributed by atoms with Crippen molar-refractivity contribution < 1.29 is 14.3 Å². The zero-order valence-electron chi connectivity index (χ0n) is 23.1. The summed E-state index contributed by atoms with van der Waals surface area (Å²) in [6.07, 6.45) is 12.9. The summed E-state index contributed by atoms with van der Waals surface area (Å²) in [4.78, 5) is 12.8. The van der Waals surface area contributed by atoms with Crippen LogP contribution in [0.2, 0.25) is 0 Å². The number of ether oxygens (including phenoxy) is 2. The molecule has 0 saturated heterocycles. The first-order chi connectivity index (χ1) is 17.0. The van der Waals surface area contributed by atoms with E-state index in [-0.39, 0.29) is 6.10 Å². The van der Waals surface area contributed by atoms with Gasteiger partial charge in [0.2, 0.25) is 0 Å². The molecule has 35 heavy (non-hydrogen) atoms. The van der Waals surface area contributed by atoms with Crippen molar-refractivity contribution >= 4 is 11.9 Å². The predicted octanol–water partition coefficient (Wildman–Crippen LogP) is 6.47. The highest BCUT2D eigenvalue weighted by Crippen LogP contribution is 2.40. The number of fused-ring (bicyclic) bond motifs is 1. The molecule has 1 heterocycles. The molecule has 0 amide bonds. The molecule has 0 aliphatic carbocycles. The second-order valence-electron chi connectivity index (χ2n) is 7.73. The SMILES string of the molecule is C=C/C=C(\C/C=C\CC=O)C1=CC(CCNCC)Oc2ccc(OC)cc21.CC.CCN(C)CC. The third-order valence-corrected chi connectivity index (χ3v) is 5.44. The van der Waals surface area contributed by atoms with Gasteiger partial charge in [-0.05, 0) is 75.1 Å². The molecule has 0 radical (unpaired) electrons. The lowest BCUT2D eigenvalue weighted by Gasteiger charge is -2.27. The fourth-order valence-electron chi connectivity index (χ4n) is 3.26. The zero-order chi connectivity index (χ0) is 26.5. The van der Waals surface area contributed by atoms with E-state index < -0.39 is 0 Å². The van der Waals surface area contributed by atoms with Gasteiger partial charge in [-0.25, -0.2) is 0 Å². The molecule has 0 spiro atoms. The van der Waals surface area contributed by atoms with E-state index >= 15 is 0 Å². The van der Waals surface area contributed by atoms with Gasteiger partial charge in [0.15, 0.2) is 0 Å². The van der Waals surface area contributed by atoms with Gasteiger partial charge in [-0.3, -0.25) is 0 Å². The fourth-order valence-corrected chi connectivity index (χ4v) is 3.26. The maximum absolute atomic E-state index is 10.5. The van der Waals surface area contributed by atoms with Gasteiger partial charge in [-0.15, -0.1) is 0 Å². The third kappa shape index (κ3) is 12.6. The van der Waals surface area contributed by atoms with E-state index in [2.05, 4.69) is 50.7 Å². The Balaban J connectivity index is 0.00000126. The number of methoxy groups -OCH3 is 1. The van der Waals surface area contributed by atoms with Crippen LogP contribution in [0, 0.1) is 0 Å². The monoisotopic (exact) mass is 484 g/mol. The lowest BCUT2D eigenvalue weighted by Crippen LogP contribution is -2.25. The summed E-state index contributed by atoms with van der Waals surface area (Å²) in [5, 5.41) is 3.35. The first-order valence-corrected chi connectivity index (χ1v) is 12.9. The average Bonchev–Trinajstić information content (AvgIpc) is 2.91. The number of allylic oxidation sites excluding steroid dienone is 6. The lowest BCUT2D eigenvalue weighted by atomic mass is 9.90. The fraction of sp³-hybridized carbons (Fsp3) is 0.500. The van der Waals surface area contributed by atoms with Gasteiger partial charge < -0.3 is 24.5 Å². The summed E-state index contributed by atoms with van der Waals surface area (Å²) in [5.74, 6) is 1.66. The number of benzene rings is 1. The van der Waals surface area contributed by atoms with Crippen molar-refractivity contribution in [1.82, 2.24) is 10.2 Å². The Morgan fingerprint density at radius 2 is 1.91 bits per heavy atom. The minimum atomic E-state index is 0.00659. The maximum Gasteiger partial charge on any atom is 0.128 e. The molecule has 1 aliphatic heterocycles. The van der Waals surface area contributed by atoms with E-state index in [1.165, 1.54) is 0 Å². The van der Waals surface area contributed by atoms with Crippen LogP contribution < -0.4 is 14.8 Å². The van der Waals surface area contributed by atoms with Crippen molar-refractivity contribution in [2.45, 2.75) is 60.0 Å². The number of carbonyl (C=O) groups excluding carboxylic acids is 1. The molecule has 1 aromatic carbocycles. The van der Waals surface area contributed by atoms with Crippen LogP contribution in [-0.4, -0.2) is 57.6 Å². The van der Waals surface area contributed by atoms with Crippen molar-refractivity contribution in [3.05, 3.63) is 66.3 Å². The van der Waals surface area contributed by atoms with Crippen LogP contribution in [0.4, 0.5) is 0 Å². The number of nitrogens with zero attached hydrogens (tertiary/aromatic N) is 1. The summed E-state index contributed by atoms with van der Waals surface area (Å²) in [5.41, 5.74) is 3.29. The molecule has 0 saturated carbocycles. The van der Waals surface area contributed by atoms with E-state index in [4.69, 9.17) is 9.47 Å². The first kappa shape index (κ1) is 32.4. The smallest absolute Gasteiger partial charge is 0.128 e. The molecule has 1 atom stereocenters. The Morgan fingerprint density at radius 1 is 1.20 bits per heavy atom. The molecule has 5 nitrogen and oxygen atoms in total. The molecular weight excluding hydrogens is 436 g/mol. The Hall–Kier alpha value is -2.63. The van der Waals surface area contributed by atoms with Crippen LogP contribution in [0.15, 0.2) is 60.7 Å². The van der Waals surface area contributed by atoms with Gasteiger partial charge in [-0.2, -0.15) is 0 Å². The molecular formula is C30H48N2O3. The van der Waals surface area contributed by atoms with E-state index in [0.717, 1.165) is 73.5 Å². The van der Waals surface area contributed by atoms with Crippen LogP contribution in [0.25, 0.3) is 5.57 Å². The van der Waals surface area contributed by atoms with Gasteiger partial charge in [0.05, 0.1) is 7.11 Å². The highest BCUT2D eigenvalue weighted by molar-refractivity contribution is 5.84. The van der Waals surface area contributed by atoms with Gasteiger partial charge >= 0.3 is 0 Å². The summed E-state index contributed by atoms with van der Waals surface area (Å²) in [6.45, 7) is 18.4. The molecule has 1 aromatic rings. The Labute approximate surface area is 214 Å². The third-order valence-electron chi connectivity index (χ3n) is 5.44. The van der Waals surface area contributed by atoms with Crippen LogP contribution in [-0.2, 0) is 4.79 Å². The minimum Gasteiger partial charge on any atom is -0.497 e. The van der Waals surface area contributed by atoms with Gasteiger partial charge in [0.1, 0.15) is 23.9 Å². The quantitative estimate of drug-likeness (QED) is 0.150. The summed E-state index contributed by atoms with van der Waals surface area (Å²) >= 11 is 0. The van der Waals surface area contributed by atoms with Crippen molar-refractivity contribution in [2.24, 2.45) is 0 Å². The summed E-state index contributed by atoms with van der Waals surface area (Å²) in [6, 6.07) is 5.90. The largest absolute Gasteiger partial charge is 0.497 e. The van der Waals surface area contributed by atoms with Gasteiger partial charge in [0.25, 0.3) is 0 Å². The molecule has 0 fully saturated rings. The highest BCUT2D eigenvalue weighted by Gasteiger charge is 2.23. The Morgan fingerprint density at radius 3 is 2.46 bits per heavy atom. The standard InChI is InChI=1S/C23H29NO3.C5H13N.C2H6/c1-4-9-18(10-7-6-8-15-25)21-17-20(13-14-24-5-2)27-23-12-11-19(26-3)16-22(21)23;1-4-6(3)5-2;1-2/h4,6-7,9,11-12,15-17,20,24H,1,5,8,10,13-14H2,2-3H3;4-5H2,1-3H3;1-2H3/b7-6-,18-9+;;. The molecule has 0 bridgehead atoms. The maximum atomic E-state index is 10.5. The Bertz CT molecular complexity index is 808. The topological polar surface area (TPSA) is 50.8 Å². The van der Waals surface area contributed by atoms with Crippen LogP contribution in [0.1, 0.15) is 59.4 Å². The van der Waals surface area contributed by atoms with Gasteiger partial charge in [-0.1, -0.05) is 65.5 Å². The molecule has 196 valence electrons. The van der Waals surface area contributed by atoms with E-state index in [0.29, 0.717) is 6.42 Å². The summed E-state index contributed by atoms with van der Waals surface area (Å²) in [7, 11) is 3.77. The molecule has 1 aliphatic rings. The average molecular weight is 485 g/mol. The van der Waals surface area contributed by atoms with E-state index in [1.807, 2.05) is 50.3 Å². The summed E-state index contributed by atoms with van der Waals surface area (Å²) < 4.78 is 11.6. The number of hydrogen-bond donors (Lipinski definition) is 1. The van der Waals surface area contributed by atoms with Crippen LogP contribution in [0.5, 0.6) is 11.5 Å². The van der Waals surface area contributed by atoms with Crippen molar-refractivity contribution in [1.29, 1.82) is 0 Å². The zero-order valence-corrected chi connectivity index (χ0v) is 23.1. The van der Waals surface area contributed by atoms with Gasteiger partial charge in [0, 0.05) is 18.4 Å².